The van der Waals surface area contributed by atoms with Crippen LogP contribution in [0.2, 0.25) is 0 Å². The number of aromatic nitrogens is 2. The number of halogens is 3. The Morgan fingerprint density at radius 3 is 2.65 bits per heavy atom. The minimum absolute atomic E-state index is 0.0928. The first-order valence-electron chi connectivity index (χ1n) is 7.38. The average Bonchev–Trinajstić information content (AvgIpc) is 3.08. The van der Waals surface area contributed by atoms with E-state index in [1.54, 1.807) is 18.2 Å². The van der Waals surface area contributed by atoms with E-state index in [1.165, 1.54) is 23.5 Å². The molecular formula is C18H9BrF2N2O2S. The van der Waals surface area contributed by atoms with Crippen LogP contribution < -0.4 is 4.74 Å². The topological polar surface area (TPSA) is 55.2 Å². The number of rotatable bonds is 3. The molecule has 0 radical (unpaired) electrons. The first-order chi connectivity index (χ1) is 12.5. The molecule has 0 aliphatic rings. The lowest BCUT2D eigenvalue weighted by Gasteiger charge is -2.09. The molecule has 0 atom stereocenters. The van der Waals surface area contributed by atoms with Gasteiger partial charge in [-0.2, -0.15) is 4.98 Å². The van der Waals surface area contributed by atoms with Crippen LogP contribution in [-0.2, 0) is 0 Å². The SMILES string of the molecule is Oc1ccc(-c2nc(Oc3ccc(F)cc3F)c3sccc3n2)cc1Br. The summed E-state index contributed by atoms with van der Waals surface area (Å²) in [6.07, 6.45) is 0. The quantitative estimate of drug-likeness (QED) is 0.436. The molecule has 2 aromatic carbocycles. The van der Waals surface area contributed by atoms with E-state index in [0.29, 0.717) is 26.1 Å². The number of nitrogens with zero attached hydrogens (tertiary/aromatic N) is 2. The summed E-state index contributed by atoms with van der Waals surface area (Å²) >= 11 is 4.61. The van der Waals surface area contributed by atoms with Gasteiger partial charge < -0.3 is 9.84 Å². The third-order valence-corrected chi connectivity index (χ3v) is 5.11. The minimum atomic E-state index is -0.817. The van der Waals surface area contributed by atoms with E-state index >= 15 is 0 Å². The normalized spacial score (nSPS) is 11.0. The van der Waals surface area contributed by atoms with Gasteiger partial charge >= 0.3 is 0 Å². The standard InChI is InChI=1S/C18H9BrF2N2O2S/c19-11-7-9(1-3-14(11)24)17-22-13-5-6-26-16(13)18(23-17)25-15-4-2-10(20)8-12(15)21/h1-8,24H. The highest BCUT2D eigenvalue weighted by Crippen LogP contribution is 2.35. The molecular weight excluding hydrogens is 426 g/mol. The number of phenolic OH excluding ortho intramolecular Hbond substituents is 1. The van der Waals surface area contributed by atoms with E-state index in [1.807, 2.05) is 5.38 Å². The van der Waals surface area contributed by atoms with Crippen molar-refractivity contribution in [2.45, 2.75) is 0 Å². The molecule has 0 fully saturated rings. The number of hydrogen-bond donors (Lipinski definition) is 1. The van der Waals surface area contributed by atoms with Crippen LogP contribution in [0.5, 0.6) is 17.4 Å². The van der Waals surface area contributed by atoms with Gasteiger partial charge in [0.25, 0.3) is 0 Å². The second kappa shape index (κ2) is 6.62. The summed E-state index contributed by atoms with van der Waals surface area (Å²) in [4.78, 5) is 8.87. The van der Waals surface area contributed by atoms with Crippen LogP contribution in [0.1, 0.15) is 0 Å². The van der Waals surface area contributed by atoms with Crippen molar-refractivity contribution < 1.29 is 18.6 Å². The highest BCUT2D eigenvalue weighted by Gasteiger charge is 2.15. The minimum Gasteiger partial charge on any atom is -0.507 e. The van der Waals surface area contributed by atoms with Crippen molar-refractivity contribution in [1.29, 1.82) is 0 Å². The Morgan fingerprint density at radius 2 is 1.88 bits per heavy atom. The third-order valence-electron chi connectivity index (χ3n) is 3.58. The number of benzene rings is 2. The molecule has 1 N–H and O–H groups in total. The molecule has 4 aromatic rings. The van der Waals surface area contributed by atoms with Crippen molar-refractivity contribution in [1.82, 2.24) is 9.97 Å². The molecule has 0 bridgehead atoms. The van der Waals surface area contributed by atoms with Crippen LogP contribution in [0.25, 0.3) is 21.6 Å². The highest BCUT2D eigenvalue weighted by atomic mass is 79.9. The zero-order valence-corrected chi connectivity index (χ0v) is 15.3. The first-order valence-corrected chi connectivity index (χ1v) is 9.05. The Labute approximate surface area is 158 Å². The molecule has 4 rings (SSSR count). The summed E-state index contributed by atoms with van der Waals surface area (Å²) in [5.74, 6) is -1.01. The zero-order valence-electron chi connectivity index (χ0n) is 12.9. The predicted octanol–water partition coefficient (Wildman–Crippen LogP) is 5.90. The molecule has 26 heavy (non-hydrogen) atoms. The van der Waals surface area contributed by atoms with E-state index in [9.17, 15) is 13.9 Å². The van der Waals surface area contributed by atoms with E-state index in [2.05, 4.69) is 25.9 Å². The molecule has 8 heteroatoms. The Balaban J connectivity index is 1.83. The van der Waals surface area contributed by atoms with Crippen molar-refractivity contribution in [3.63, 3.8) is 0 Å². The predicted molar refractivity (Wildman–Crippen MR) is 98.6 cm³/mol. The Kier molecular flexibility index (Phi) is 4.29. The van der Waals surface area contributed by atoms with E-state index in [0.717, 1.165) is 12.1 Å². The summed E-state index contributed by atoms with van der Waals surface area (Å²) in [6.45, 7) is 0. The Hall–Kier alpha value is -2.58. The lowest BCUT2D eigenvalue weighted by molar-refractivity contribution is 0.429. The number of fused-ring (bicyclic) bond motifs is 1. The monoisotopic (exact) mass is 434 g/mol. The van der Waals surface area contributed by atoms with Gasteiger partial charge in [0.2, 0.25) is 5.88 Å². The van der Waals surface area contributed by atoms with Crippen molar-refractivity contribution in [3.8, 4) is 28.8 Å². The van der Waals surface area contributed by atoms with E-state index in [-0.39, 0.29) is 17.4 Å². The maximum Gasteiger partial charge on any atom is 0.241 e. The molecule has 0 saturated carbocycles. The number of phenols is 1. The lowest BCUT2D eigenvalue weighted by Crippen LogP contribution is -1.96. The molecule has 130 valence electrons. The van der Waals surface area contributed by atoms with Crippen molar-refractivity contribution >= 4 is 37.5 Å². The maximum atomic E-state index is 13.9. The average molecular weight is 435 g/mol. The largest absolute Gasteiger partial charge is 0.507 e. The fourth-order valence-corrected chi connectivity index (χ4v) is 3.48. The highest BCUT2D eigenvalue weighted by molar-refractivity contribution is 9.10. The zero-order chi connectivity index (χ0) is 18.3. The molecule has 0 spiro atoms. The van der Waals surface area contributed by atoms with Gasteiger partial charge in [0.15, 0.2) is 17.4 Å². The van der Waals surface area contributed by atoms with Crippen LogP contribution in [0.4, 0.5) is 8.78 Å². The van der Waals surface area contributed by atoms with Crippen molar-refractivity contribution in [2.24, 2.45) is 0 Å². The van der Waals surface area contributed by atoms with Gasteiger partial charge in [-0.25, -0.2) is 13.8 Å². The number of thiophene rings is 1. The molecule has 0 amide bonds. The Morgan fingerprint density at radius 1 is 1.04 bits per heavy atom. The summed E-state index contributed by atoms with van der Waals surface area (Å²) in [5, 5.41) is 11.5. The molecule has 4 nitrogen and oxygen atoms in total. The lowest BCUT2D eigenvalue weighted by atomic mass is 10.2. The summed E-state index contributed by atoms with van der Waals surface area (Å²) < 4.78 is 33.8. The molecule has 0 aliphatic heterocycles. The van der Waals surface area contributed by atoms with Crippen LogP contribution in [0, 0.1) is 11.6 Å². The first kappa shape index (κ1) is 16.9. The smallest absolute Gasteiger partial charge is 0.241 e. The number of aromatic hydroxyl groups is 1. The third kappa shape index (κ3) is 3.13. The van der Waals surface area contributed by atoms with Gasteiger partial charge in [-0.3, -0.25) is 0 Å². The number of ether oxygens (including phenoxy) is 1. The second-order valence-corrected chi connectivity index (χ2v) is 7.10. The van der Waals surface area contributed by atoms with Crippen LogP contribution >= 0.6 is 27.3 Å². The fraction of sp³-hybridized carbons (Fsp3) is 0. The van der Waals surface area contributed by atoms with Crippen LogP contribution in [0.15, 0.2) is 52.3 Å². The van der Waals surface area contributed by atoms with E-state index in [4.69, 9.17) is 4.74 Å². The molecule has 2 heterocycles. The number of hydrogen-bond acceptors (Lipinski definition) is 5. The van der Waals surface area contributed by atoms with Gasteiger partial charge in [-0.1, -0.05) is 0 Å². The molecule has 0 aliphatic carbocycles. The summed E-state index contributed by atoms with van der Waals surface area (Å²) in [7, 11) is 0. The van der Waals surface area contributed by atoms with Crippen LogP contribution in [0.3, 0.4) is 0 Å². The molecule has 0 saturated heterocycles. The van der Waals surface area contributed by atoms with Gasteiger partial charge in [-0.05, 0) is 57.7 Å². The molecule has 0 unspecified atom stereocenters. The Bertz CT molecular complexity index is 1130. The van der Waals surface area contributed by atoms with Gasteiger partial charge in [0.05, 0.1) is 9.99 Å². The maximum absolute atomic E-state index is 13.9. The van der Waals surface area contributed by atoms with Gasteiger partial charge in [-0.15, -0.1) is 11.3 Å². The molecule has 2 aromatic heterocycles. The van der Waals surface area contributed by atoms with Crippen LogP contribution in [-0.4, -0.2) is 15.1 Å². The van der Waals surface area contributed by atoms with Gasteiger partial charge in [0, 0.05) is 11.6 Å². The summed E-state index contributed by atoms with van der Waals surface area (Å²) in [6, 6.07) is 9.72. The fourth-order valence-electron chi connectivity index (χ4n) is 2.34. The van der Waals surface area contributed by atoms with Crippen molar-refractivity contribution in [2.75, 3.05) is 0 Å². The summed E-state index contributed by atoms with van der Waals surface area (Å²) in [5.41, 5.74) is 1.29. The van der Waals surface area contributed by atoms with E-state index < -0.39 is 11.6 Å². The van der Waals surface area contributed by atoms with Crippen molar-refractivity contribution in [3.05, 3.63) is 64.0 Å². The van der Waals surface area contributed by atoms with Gasteiger partial charge in [0.1, 0.15) is 16.3 Å². The second-order valence-electron chi connectivity index (χ2n) is 5.33.